The van der Waals surface area contributed by atoms with Gasteiger partial charge in [-0.15, -0.1) is 0 Å². The Morgan fingerprint density at radius 2 is 0.627 bits per heavy atom. The second kappa shape index (κ2) is 27.1. The number of anilines is 6. The molecule has 0 aliphatic carbocycles. The van der Waals surface area contributed by atoms with Gasteiger partial charge in [0.15, 0.2) is 0 Å². The first-order valence-electron chi connectivity index (χ1n) is 43.6. The molecule has 118 heavy (non-hydrogen) atoms. The molecule has 2 aliphatic heterocycles. The Hall–Kier alpha value is -13.4. The minimum Gasteiger partial charge on any atom is -0.311 e. The van der Waals surface area contributed by atoms with Crippen LogP contribution in [0.25, 0.3) is 138 Å². The molecule has 6 heteroatoms. The highest BCUT2D eigenvalue weighted by Crippen LogP contribution is 2.55. The third-order valence-electron chi connectivity index (χ3n) is 25.1. The van der Waals surface area contributed by atoms with E-state index in [0.29, 0.717) is 16.3 Å². The van der Waals surface area contributed by atoms with Crippen molar-refractivity contribution in [3.05, 3.63) is 374 Å². The number of rotatable bonds is 10. The number of fused-ring (bicyclic) bond motifs is 13. The molecule has 0 saturated heterocycles. The highest BCUT2D eigenvalue weighted by molar-refractivity contribution is 7.00. The molecule has 2 aliphatic rings. The second-order valence-corrected chi connectivity index (χ2v) is 36.7. The maximum atomic E-state index is 10.2. The van der Waals surface area contributed by atoms with E-state index in [4.69, 9.17) is 0 Å². The number of para-hydroxylation sites is 3. The van der Waals surface area contributed by atoms with Crippen LogP contribution in [-0.4, -0.2) is 20.4 Å². The van der Waals surface area contributed by atoms with Crippen LogP contribution in [0.2, 0.25) is 0 Å². The van der Waals surface area contributed by atoms with Gasteiger partial charge in [-0.3, -0.25) is 0 Å². The van der Waals surface area contributed by atoms with Crippen molar-refractivity contribution in [1.82, 2.24) is 13.7 Å². The normalized spacial score (nSPS) is 13.5. The molecule has 5 heterocycles. The van der Waals surface area contributed by atoms with Crippen molar-refractivity contribution in [2.75, 3.05) is 9.80 Å². The Morgan fingerprint density at radius 3 is 1.14 bits per heavy atom. The van der Waals surface area contributed by atoms with Gasteiger partial charge < -0.3 is 23.5 Å². The molecule has 0 saturated carbocycles. The Morgan fingerprint density at radius 1 is 0.237 bits per heavy atom. The lowest BCUT2D eigenvalue weighted by molar-refractivity contribution is 0.590. The van der Waals surface area contributed by atoms with E-state index in [1.807, 2.05) is 0 Å². The van der Waals surface area contributed by atoms with Crippen molar-refractivity contribution in [3.63, 3.8) is 0 Å². The van der Waals surface area contributed by atoms with Crippen molar-refractivity contribution in [3.8, 4) is 72.7 Å². The van der Waals surface area contributed by atoms with Crippen LogP contribution in [0.15, 0.2) is 352 Å². The highest BCUT2D eigenvalue weighted by Gasteiger charge is 2.46. The summed E-state index contributed by atoms with van der Waals surface area (Å²) in [5.41, 5.74) is 32.6. The van der Waals surface area contributed by atoms with Crippen LogP contribution in [-0.2, 0) is 21.7 Å². The van der Waals surface area contributed by atoms with E-state index < -0.39 is 6.71 Å². The fourth-order valence-corrected chi connectivity index (χ4v) is 19.0. The number of hydrogen-bond donors (Lipinski definition) is 0. The lowest BCUT2D eigenvalue weighted by atomic mass is 9.33. The summed E-state index contributed by atoms with van der Waals surface area (Å²) in [5, 5.41) is 5.85. The smallest absolute Gasteiger partial charge is 0.252 e. The molecular formula is C112H94BN5. The third kappa shape index (κ3) is 11.9. The van der Waals surface area contributed by atoms with Crippen molar-refractivity contribution in [2.24, 2.45) is 0 Å². The van der Waals surface area contributed by atoms with Gasteiger partial charge in [-0.2, -0.15) is 0 Å². The molecule has 0 atom stereocenters. The maximum Gasteiger partial charge on any atom is 0.252 e. The Balaban J connectivity index is 0.926. The highest BCUT2D eigenvalue weighted by atomic mass is 15.2. The number of nitrogens with zero attached hydrogens (tertiary/aromatic N) is 5. The van der Waals surface area contributed by atoms with E-state index in [0.717, 1.165) is 162 Å². The van der Waals surface area contributed by atoms with Crippen molar-refractivity contribution < 1.29 is 5.48 Å². The monoisotopic (exact) mass is 1520 g/mol. The van der Waals surface area contributed by atoms with Crippen molar-refractivity contribution in [1.29, 1.82) is 0 Å². The van der Waals surface area contributed by atoms with Gasteiger partial charge in [0.2, 0.25) is 0 Å². The molecule has 0 spiro atoms. The minimum absolute atomic E-state index is 0.0914. The van der Waals surface area contributed by atoms with Gasteiger partial charge in [-0.05, 0) is 232 Å². The van der Waals surface area contributed by atoms with Crippen LogP contribution in [0.1, 0.15) is 111 Å². The first-order valence-corrected chi connectivity index (χ1v) is 41.6. The quantitative estimate of drug-likeness (QED) is 0.127. The van der Waals surface area contributed by atoms with Gasteiger partial charge in [0.25, 0.3) is 6.71 Å². The van der Waals surface area contributed by atoms with Crippen LogP contribution in [0.4, 0.5) is 34.1 Å². The SMILES string of the molecule is [2H]c1c([2H])c([2H])c2c(c1[2H])c1cc(-n3c4ccccc4c4ccccc43)ccc1n2-c1ccc2c(c1)N(c1cc(-c3ccccc3)cc(-c3ccccc3)c1)c1cc(-c3cccc(C(C)(C)C)c3)cc3c1B2c1ccc(-n2c4ccc(C(C)(C)C)cc4c4cc(C(C)(C)C)ccc42)cc1N3c1c(-c2ccccc2)cc(C(C)(C)C)cc1-c1ccccc1. The maximum absolute atomic E-state index is 10.2. The summed E-state index contributed by atoms with van der Waals surface area (Å²) in [4.78, 5) is 5.22. The lowest BCUT2D eigenvalue weighted by Gasteiger charge is -2.45. The summed E-state index contributed by atoms with van der Waals surface area (Å²) < 4.78 is 46.3. The first kappa shape index (κ1) is 67.9. The van der Waals surface area contributed by atoms with E-state index in [-0.39, 0.29) is 45.8 Å². The molecule has 16 aromatic carbocycles. The zero-order chi connectivity index (χ0) is 83.9. The van der Waals surface area contributed by atoms with Gasteiger partial charge in [0.1, 0.15) is 0 Å². The summed E-state index contributed by atoms with van der Waals surface area (Å²) in [6.07, 6.45) is 0. The molecular weight excluding hydrogens is 1430 g/mol. The topological polar surface area (TPSA) is 21.3 Å². The molecule has 0 unspecified atom stereocenters. The van der Waals surface area contributed by atoms with Crippen LogP contribution in [0.3, 0.4) is 0 Å². The van der Waals surface area contributed by atoms with E-state index in [2.05, 4.69) is 434 Å². The van der Waals surface area contributed by atoms with Gasteiger partial charge in [0, 0.05) is 88.9 Å². The average Bonchev–Trinajstić information content (AvgIpc) is 0.693. The van der Waals surface area contributed by atoms with Crippen molar-refractivity contribution >= 4 is 123 Å². The van der Waals surface area contributed by atoms with Gasteiger partial charge >= 0.3 is 0 Å². The number of aromatic nitrogens is 3. The fourth-order valence-electron chi connectivity index (χ4n) is 19.0. The zero-order valence-corrected chi connectivity index (χ0v) is 69.0. The lowest BCUT2D eigenvalue weighted by Crippen LogP contribution is -2.61. The first-order chi connectivity index (χ1) is 58.7. The summed E-state index contributed by atoms with van der Waals surface area (Å²) >= 11 is 0. The zero-order valence-electron chi connectivity index (χ0n) is 73.0. The van der Waals surface area contributed by atoms with Crippen LogP contribution in [0.5, 0.6) is 0 Å². The van der Waals surface area contributed by atoms with Crippen molar-refractivity contribution in [2.45, 2.75) is 105 Å². The molecule has 0 radical (unpaired) electrons. The minimum atomic E-state index is -0.415. The molecule has 0 fully saturated rings. The van der Waals surface area contributed by atoms with Crippen LogP contribution < -0.4 is 26.2 Å². The molecule has 5 nitrogen and oxygen atoms in total. The average molecular weight is 1520 g/mol. The molecule has 3 aromatic heterocycles. The Labute approximate surface area is 698 Å². The molecule has 21 rings (SSSR count). The van der Waals surface area contributed by atoms with E-state index in [9.17, 15) is 5.48 Å². The molecule has 570 valence electrons. The predicted octanol–water partition coefficient (Wildman–Crippen LogP) is 28.6. The fraction of sp³-hybridized carbons (Fsp3) is 0.143. The van der Waals surface area contributed by atoms with E-state index >= 15 is 0 Å². The number of benzene rings is 16. The largest absolute Gasteiger partial charge is 0.311 e. The third-order valence-corrected chi connectivity index (χ3v) is 25.1. The molecule has 0 N–H and O–H groups in total. The predicted molar refractivity (Wildman–Crippen MR) is 505 cm³/mol. The van der Waals surface area contributed by atoms with Gasteiger partial charge in [0.05, 0.1) is 44.3 Å². The van der Waals surface area contributed by atoms with Crippen LogP contribution in [0, 0.1) is 0 Å². The summed E-state index contributed by atoms with van der Waals surface area (Å²) in [5.74, 6) is 0. The summed E-state index contributed by atoms with van der Waals surface area (Å²) in [6.45, 7) is 27.4. The summed E-state index contributed by atoms with van der Waals surface area (Å²) in [6, 6.07) is 121. The standard InChI is InChI=1S/C112H94BN5/c1-109(2,3)79-41-31-40-75(59-79)78-62-105-107-106(63-78)118(108-90(73-36-21-15-22-37-73)66-82(112(10,11)12)67-91(108)74-38-23-16-24-39-74)104-70-85(116-100-55-48-80(110(4,5)6)64-92(100)93-65-81(111(7,8)9)49-56-101(93)116)51-54-96(104)113(107)95-53-50-84(69-103(95)117(105)86-60-76(71-32-17-13-18-33-71)58-77(61-86)72-34-19-14-20-35-72)115-99-47-30-27-44-89(99)94-68-83(52-57-102(94)115)114-97-45-28-25-42-87(97)88-43-26-29-46-98(88)114/h13-70H,1-12H3/i27D,30D,44D,47D. The molecule has 0 amide bonds. The van der Waals surface area contributed by atoms with Crippen LogP contribution >= 0.6 is 0 Å². The Kier molecular flexibility index (Phi) is 15.6. The number of hydrogen-bond acceptors (Lipinski definition) is 2. The summed E-state index contributed by atoms with van der Waals surface area (Å²) in [7, 11) is 0. The van der Waals surface area contributed by atoms with Gasteiger partial charge in [-0.25, -0.2) is 0 Å². The van der Waals surface area contributed by atoms with Gasteiger partial charge in [-0.1, -0.05) is 307 Å². The van der Waals surface area contributed by atoms with E-state index in [1.54, 1.807) is 0 Å². The Bertz CT molecular complexity index is 7290. The molecule has 0 bridgehead atoms. The second-order valence-electron chi connectivity index (χ2n) is 36.7. The van der Waals surface area contributed by atoms with E-state index in [1.165, 1.54) is 33.0 Å². The molecule has 19 aromatic rings.